The van der Waals surface area contributed by atoms with E-state index in [1.807, 2.05) is 4.90 Å². The first kappa shape index (κ1) is 9.52. The van der Waals surface area contributed by atoms with Gasteiger partial charge in [0.15, 0.2) is 11.6 Å². The molecule has 1 aliphatic heterocycles. The molecule has 0 amide bonds. The van der Waals surface area contributed by atoms with Gasteiger partial charge in [0.1, 0.15) is 5.82 Å². The van der Waals surface area contributed by atoms with E-state index < -0.39 is 17.5 Å². The number of likely N-dealkylation sites (tertiary alicyclic amines) is 1. The zero-order chi connectivity index (χ0) is 10.1. The van der Waals surface area contributed by atoms with Crippen LogP contribution in [0, 0.1) is 17.5 Å². The van der Waals surface area contributed by atoms with Crippen LogP contribution in [0.4, 0.5) is 13.2 Å². The summed E-state index contributed by atoms with van der Waals surface area (Å²) in [6.45, 7) is 2.17. The Balaban J connectivity index is 2.19. The molecule has 0 unspecified atom stereocenters. The SMILES string of the molecule is Fc1cc(F)c(CN2CCC2)cc1F. The minimum absolute atomic E-state index is 0.226. The van der Waals surface area contributed by atoms with Gasteiger partial charge < -0.3 is 0 Å². The maximum atomic E-state index is 13.1. The van der Waals surface area contributed by atoms with Crippen LogP contribution in [-0.2, 0) is 6.54 Å². The molecule has 0 saturated carbocycles. The van der Waals surface area contributed by atoms with Crippen LogP contribution in [-0.4, -0.2) is 18.0 Å². The van der Waals surface area contributed by atoms with Crippen LogP contribution < -0.4 is 0 Å². The number of hydrogen-bond donors (Lipinski definition) is 0. The topological polar surface area (TPSA) is 3.24 Å². The summed E-state index contributed by atoms with van der Waals surface area (Å²) in [6, 6.07) is 1.54. The summed E-state index contributed by atoms with van der Waals surface area (Å²) in [6.07, 6.45) is 1.09. The molecule has 2 rings (SSSR count). The maximum absolute atomic E-state index is 13.1. The third-order valence-corrected chi connectivity index (χ3v) is 2.43. The molecule has 1 heterocycles. The second-order valence-electron chi connectivity index (χ2n) is 3.49. The van der Waals surface area contributed by atoms with Gasteiger partial charge in [0.2, 0.25) is 0 Å². The molecule has 14 heavy (non-hydrogen) atoms. The summed E-state index contributed by atoms with van der Waals surface area (Å²) < 4.78 is 38.5. The average Bonchev–Trinajstić information content (AvgIpc) is 2.06. The molecular formula is C10H10F3N. The van der Waals surface area contributed by atoms with E-state index in [9.17, 15) is 13.2 Å². The van der Waals surface area contributed by atoms with Gasteiger partial charge in [-0.3, -0.25) is 4.90 Å². The lowest BCUT2D eigenvalue weighted by molar-refractivity contribution is 0.170. The van der Waals surface area contributed by atoms with Crippen LogP contribution in [0.15, 0.2) is 12.1 Å². The molecule has 0 radical (unpaired) electrons. The molecular weight excluding hydrogens is 191 g/mol. The second-order valence-corrected chi connectivity index (χ2v) is 3.49. The number of hydrogen-bond acceptors (Lipinski definition) is 1. The zero-order valence-corrected chi connectivity index (χ0v) is 7.56. The molecule has 76 valence electrons. The quantitative estimate of drug-likeness (QED) is 0.664. The highest BCUT2D eigenvalue weighted by Crippen LogP contribution is 2.18. The number of benzene rings is 1. The fourth-order valence-corrected chi connectivity index (χ4v) is 1.47. The van der Waals surface area contributed by atoms with Gasteiger partial charge in [0.25, 0.3) is 0 Å². The highest BCUT2D eigenvalue weighted by atomic mass is 19.2. The molecule has 1 aromatic carbocycles. The summed E-state index contributed by atoms with van der Waals surface area (Å²) in [7, 11) is 0. The second kappa shape index (κ2) is 3.61. The van der Waals surface area contributed by atoms with Gasteiger partial charge in [-0.25, -0.2) is 13.2 Å². The molecule has 0 atom stereocenters. The monoisotopic (exact) mass is 201 g/mol. The highest BCUT2D eigenvalue weighted by Gasteiger charge is 2.17. The Labute approximate surface area is 80.1 Å². The number of nitrogens with zero attached hydrogens (tertiary/aromatic N) is 1. The van der Waals surface area contributed by atoms with E-state index in [4.69, 9.17) is 0 Å². The zero-order valence-electron chi connectivity index (χ0n) is 7.56. The molecule has 1 saturated heterocycles. The van der Waals surface area contributed by atoms with Crippen LogP contribution in [0.3, 0.4) is 0 Å². The Morgan fingerprint density at radius 3 is 2.21 bits per heavy atom. The third-order valence-electron chi connectivity index (χ3n) is 2.43. The van der Waals surface area contributed by atoms with Crippen molar-refractivity contribution in [1.82, 2.24) is 4.90 Å². The Morgan fingerprint density at radius 1 is 1.00 bits per heavy atom. The van der Waals surface area contributed by atoms with Crippen molar-refractivity contribution >= 4 is 0 Å². The molecule has 0 aromatic heterocycles. The van der Waals surface area contributed by atoms with Gasteiger partial charge >= 0.3 is 0 Å². The minimum atomic E-state index is -1.13. The van der Waals surface area contributed by atoms with Crippen LogP contribution in [0.2, 0.25) is 0 Å². The smallest absolute Gasteiger partial charge is 0.161 e. The summed E-state index contributed by atoms with van der Waals surface area (Å²) in [4.78, 5) is 1.98. The molecule has 0 spiro atoms. The molecule has 1 aliphatic rings. The summed E-state index contributed by atoms with van der Waals surface area (Å²) in [5.74, 6) is -2.78. The van der Waals surface area contributed by atoms with Crippen LogP contribution in [0.1, 0.15) is 12.0 Å². The fourth-order valence-electron chi connectivity index (χ4n) is 1.47. The molecule has 1 fully saturated rings. The lowest BCUT2D eigenvalue weighted by atomic mass is 10.1. The highest BCUT2D eigenvalue weighted by molar-refractivity contribution is 5.20. The molecule has 0 bridgehead atoms. The maximum Gasteiger partial charge on any atom is 0.161 e. The van der Waals surface area contributed by atoms with E-state index in [1.165, 1.54) is 0 Å². The van der Waals surface area contributed by atoms with E-state index >= 15 is 0 Å². The minimum Gasteiger partial charge on any atom is -0.299 e. The van der Waals surface area contributed by atoms with Crippen molar-refractivity contribution in [1.29, 1.82) is 0 Å². The summed E-state index contributed by atoms with van der Waals surface area (Å²) >= 11 is 0. The first-order valence-corrected chi connectivity index (χ1v) is 4.52. The molecule has 4 heteroatoms. The predicted molar refractivity (Wildman–Crippen MR) is 46.2 cm³/mol. The van der Waals surface area contributed by atoms with Crippen LogP contribution in [0.25, 0.3) is 0 Å². The Morgan fingerprint density at radius 2 is 1.64 bits per heavy atom. The van der Waals surface area contributed by atoms with E-state index in [0.29, 0.717) is 12.6 Å². The van der Waals surface area contributed by atoms with Crippen molar-refractivity contribution in [3.05, 3.63) is 35.1 Å². The fraction of sp³-hybridized carbons (Fsp3) is 0.400. The Kier molecular flexibility index (Phi) is 2.46. The van der Waals surface area contributed by atoms with Crippen molar-refractivity contribution in [3.63, 3.8) is 0 Å². The standard InChI is InChI=1S/C10H10F3N/c11-8-5-10(13)9(12)4-7(8)6-14-2-1-3-14/h4-5H,1-3,6H2. The third kappa shape index (κ3) is 1.75. The number of rotatable bonds is 2. The normalized spacial score (nSPS) is 16.8. The summed E-state index contributed by atoms with van der Waals surface area (Å²) in [5, 5.41) is 0. The van der Waals surface area contributed by atoms with E-state index in [0.717, 1.165) is 25.6 Å². The van der Waals surface area contributed by atoms with Gasteiger partial charge in [0.05, 0.1) is 0 Å². The first-order valence-electron chi connectivity index (χ1n) is 4.52. The molecule has 0 aliphatic carbocycles. The lowest BCUT2D eigenvalue weighted by Crippen LogP contribution is -2.36. The van der Waals surface area contributed by atoms with Crippen molar-refractivity contribution in [2.75, 3.05) is 13.1 Å². The van der Waals surface area contributed by atoms with Crippen molar-refractivity contribution < 1.29 is 13.2 Å². The van der Waals surface area contributed by atoms with Crippen LogP contribution >= 0.6 is 0 Å². The van der Waals surface area contributed by atoms with E-state index in [1.54, 1.807) is 0 Å². The van der Waals surface area contributed by atoms with Gasteiger partial charge in [-0.05, 0) is 25.6 Å². The molecule has 1 nitrogen and oxygen atoms in total. The molecule has 0 N–H and O–H groups in total. The van der Waals surface area contributed by atoms with E-state index in [-0.39, 0.29) is 5.56 Å². The Bertz CT molecular complexity index is 347. The van der Waals surface area contributed by atoms with Crippen molar-refractivity contribution in [2.24, 2.45) is 0 Å². The number of halogens is 3. The van der Waals surface area contributed by atoms with Crippen LogP contribution in [0.5, 0.6) is 0 Å². The van der Waals surface area contributed by atoms with Crippen molar-refractivity contribution in [3.8, 4) is 0 Å². The largest absolute Gasteiger partial charge is 0.299 e. The predicted octanol–water partition coefficient (Wildman–Crippen LogP) is 2.31. The van der Waals surface area contributed by atoms with Gasteiger partial charge in [-0.15, -0.1) is 0 Å². The van der Waals surface area contributed by atoms with Gasteiger partial charge in [0, 0.05) is 18.2 Å². The molecule has 1 aromatic rings. The van der Waals surface area contributed by atoms with Gasteiger partial charge in [-0.2, -0.15) is 0 Å². The van der Waals surface area contributed by atoms with E-state index in [2.05, 4.69) is 0 Å². The first-order chi connectivity index (χ1) is 6.66. The van der Waals surface area contributed by atoms with Crippen molar-refractivity contribution in [2.45, 2.75) is 13.0 Å². The lowest BCUT2D eigenvalue weighted by Gasteiger charge is -2.30. The Hall–Kier alpha value is -1.03. The average molecular weight is 201 g/mol. The summed E-state index contributed by atoms with van der Waals surface area (Å²) in [5.41, 5.74) is 0.226. The van der Waals surface area contributed by atoms with Gasteiger partial charge in [-0.1, -0.05) is 0 Å².